The van der Waals surface area contributed by atoms with Gasteiger partial charge in [0.25, 0.3) is 0 Å². The Bertz CT molecular complexity index is 2640. The van der Waals surface area contributed by atoms with Crippen molar-refractivity contribution in [3.63, 3.8) is 0 Å². The van der Waals surface area contributed by atoms with Crippen LogP contribution >= 0.6 is 11.6 Å². The number of carboxylic acid groups (broad SMARTS) is 2. The lowest BCUT2D eigenvalue weighted by atomic mass is 10.0. The first kappa shape index (κ1) is 60.7. The molecule has 0 bridgehead atoms. The molecule has 2 aromatic carbocycles. The molecule has 0 spiro atoms. The number of anilines is 2. The van der Waals surface area contributed by atoms with Crippen molar-refractivity contribution in [1.29, 1.82) is 0 Å². The second-order valence-corrected chi connectivity index (χ2v) is 22.6. The number of aliphatic carboxylic acids is 2. The van der Waals surface area contributed by atoms with E-state index in [1.807, 2.05) is 59.4 Å². The highest BCUT2D eigenvalue weighted by molar-refractivity contribution is 6.36. The summed E-state index contributed by atoms with van der Waals surface area (Å²) in [4.78, 5) is 93.4. The number of benzene rings is 2. The summed E-state index contributed by atoms with van der Waals surface area (Å²) in [5.41, 5.74) is 2.99. The summed E-state index contributed by atoms with van der Waals surface area (Å²) in [6.07, 6.45) is 7.83. The Morgan fingerprint density at radius 3 is 2.04 bits per heavy atom. The fourth-order valence-electron chi connectivity index (χ4n) is 12.0. The number of nitrogens with one attached hydrogen (secondary N) is 1. The van der Waals surface area contributed by atoms with Gasteiger partial charge in [-0.1, -0.05) is 55.3 Å². The molecule has 0 saturated carbocycles. The van der Waals surface area contributed by atoms with Crippen molar-refractivity contribution >= 4 is 63.4 Å². The minimum atomic E-state index is -0.958. The maximum atomic E-state index is 13.6. The highest BCUT2D eigenvalue weighted by atomic mass is 35.5. The molecule has 0 unspecified atom stereocenters. The molecular formula is C58H83ClN12O8. The third-order valence-electron chi connectivity index (χ3n) is 16.3. The Morgan fingerprint density at radius 1 is 0.772 bits per heavy atom. The van der Waals surface area contributed by atoms with E-state index in [4.69, 9.17) is 32.9 Å². The zero-order valence-electron chi connectivity index (χ0n) is 47.0. The van der Waals surface area contributed by atoms with Crippen LogP contribution in [0.25, 0.3) is 15.6 Å². The molecule has 3 fully saturated rings. The number of likely N-dealkylation sites (tertiary alicyclic amines) is 1. The molecule has 6 atom stereocenters. The predicted octanol–water partition coefficient (Wildman–Crippen LogP) is 5.02. The summed E-state index contributed by atoms with van der Waals surface area (Å²) in [5, 5.41) is 25.7. The Morgan fingerprint density at radius 2 is 1.41 bits per heavy atom. The van der Waals surface area contributed by atoms with Crippen LogP contribution in [0.3, 0.4) is 0 Å². The van der Waals surface area contributed by atoms with Crippen LogP contribution in [-0.2, 0) is 36.9 Å². The summed E-state index contributed by atoms with van der Waals surface area (Å²) < 4.78 is 6.58. The zero-order chi connectivity index (χ0) is 56.8. The van der Waals surface area contributed by atoms with Crippen LogP contribution in [0, 0.1) is 6.57 Å². The fraction of sp³-hybridized carbons (Fsp3) is 0.621. The number of fused-ring (bicyclic) bond motifs is 2. The highest BCUT2D eigenvalue weighted by Crippen LogP contribution is 2.37. The first-order valence-corrected chi connectivity index (χ1v) is 28.7. The Hall–Kier alpha value is -5.95. The number of rotatable bonds is 22. The number of hydrogen-bond donors (Lipinski definition) is 3. The monoisotopic (exact) mass is 1110 g/mol. The van der Waals surface area contributed by atoms with Crippen molar-refractivity contribution in [1.82, 2.24) is 44.7 Å². The molecule has 2 amide bonds. The number of carbonyl (C=O) groups is 5. The first-order chi connectivity index (χ1) is 37.9. The normalized spacial score (nSPS) is 23.3. The van der Waals surface area contributed by atoms with E-state index >= 15 is 0 Å². The maximum absolute atomic E-state index is 13.6. The standard InChI is InChI=1S/C58H83ClN12O8/c1-8-53(74)71-27-26-66(34-47(71)28-60-7)57-48-21-25-65(51-20-14-17-45-16-13-19-49(59)56(45)51)35-50(48)62-58(63-57)79-39-46-18-15-24-64(46)23-12-10-9-11-22-61-52(73)36-68-30-43(5)69(37-54(75)76)31-40(2)67(33-44(6)72)29-42(4)70(32-41(68)3)38-55(77)78/h8,13-14,16-17,19-20,40-43,46-47H,1,9-12,15,18,21-39H2,2-6H3,(H,61,73)(H,75,76)(H,77,78)/t40-,41-,42-,43-,46-,47-/m0/s1. The maximum Gasteiger partial charge on any atom is 0.318 e. The van der Waals surface area contributed by atoms with Crippen LogP contribution in [0.4, 0.5) is 11.5 Å². The van der Waals surface area contributed by atoms with Crippen molar-refractivity contribution in [2.75, 3.05) is 121 Å². The molecule has 3 saturated heterocycles. The van der Waals surface area contributed by atoms with Gasteiger partial charge in [0, 0.05) is 106 Å². The van der Waals surface area contributed by atoms with Crippen molar-refractivity contribution in [2.45, 2.75) is 122 Å². The number of carboxylic acids is 2. The Balaban J connectivity index is 0.935. The van der Waals surface area contributed by atoms with Gasteiger partial charge >= 0.3 is 17.9 Å². The fourth-order valence-corrected chi connectivity index (χ4v) is 12.3. The summed E-state index contributed by atoms with van der Waals surface area (Å²) in [7, 11) is 0. The van der Waals surface area contributed by atoms with Gasteiger partial charge in [-0.15, -0.1) is 0 Å². The van der Waals surface area contributed by atoms with Gasteiger partial charge in [-0.3, -0.25) is 48.5 Å². The van der Waals surface area contributed by atoms with Gasteiger partial charge in [-0.05, 0) is 103 Å². The third-order valence-corrected chi connectivity index (χ3v) is 16.6. The molecule has 20 nitrogen and oxygen atoms in total. The highest BCUT2D eigenvalue weighted by Gasteiger charge is 2.36. The molecule has 4 aliphatic rings. The lowest BCUT2D eigenvalue weighted by Gasteiger charge is -2.43. The van der Waals surface area contributed by atoms with Gasteiger partial charge in [-0.2, -0.15) is 9.97 Å². The second kappa shape index (κ2) is 29.0. The molecule has 7 rings (SSSR count). The minimum Gasteiger partial charge on any atom is -0.480 e. The largest absolute Gasteiger partial charge is 0.480 e. The SMILES string of the molecule is [C-]#[N+]C[C@H]1CN(c2nc(OC[C@@H]3CCCN3CCCCCCNC(=O)CN3C[C@H](C)N(CC(=O)O)C[C@H](C)N(CC(C)=O)C[C@H](C)N(CC(=O)O)C[C@@H]3C)nc3c2CCN(c2cccc4cccc(Cl)c24)C3)CCN1C(=O)C=C. The summed E-state index contributed by atoms with van der Waals surface area (Å²) in [6, 6.07) is 11.5. The van der Waals surface area contributed by atoms with E-state index in [9.17, 15) is 34.2 Å². The average Bonchev–Trinajstić information content (AvgIpc) is 3.96. The molecule has 79 heavy (non-hydrogen) atoms. The van der Waals surface area contributed by atoms with Crippen LogP contribution < -0.4 is 19.9 Å². The Kier molecular flexibility index (Phi) is 22.3. The van der Waals surface area contributed by atoms with Crippen LogP contribution in [-0.4, -0.2) is 227 Å². The predicted molar refractivity (Wildman–Crippen MR) is 307 cm³/mol. The van der Waals surface area contributed by atoms with Gasteiger partial charge in [0.15, 0.2) is 0 Å². The number of Topliss-reactive ketones (excluding diaryl/α,β-unsaturated/α-hetero) is 1. The van der Waals surface area contributed by atoms with Crippen molar-refractivity contribution in [3.05, 3.63) is 76.8 Å². The number of hydrogen-bond acceptors (Lipinski definition) is 15. The smallest absolute Gasteiger partial charge is 0.318 e. The molecule has 430 valence electrons. The van der Waals surface area contributed by atoms with E-state index < -0.39 is 11.9 Å². The van der Waals surface area contributed by atoms with Gasteiger partial charge < -0.3 is 39.8 Å². The number of ether oxygens (including phenoxy) is 1. The van der Waals surface area contributed by atoms with Gasteiger partial charge in [-0.25, -0.2) is 6.57 Å². The van der Waals surface area contributed by atoms with Gasteiger partial charge in [0.2, 0.25) is 18.4 Å². The number of halogens is 1. The van der Waals surface area contributed by atoms with E-state index in [2.05, 4.69) is 55.7 Å². The summed E-state index contributed by atoms with van der Waals surface area (Å²) in [6.45, 7) is 28.0. The topological polar surface area (TPSA) is 203 Å². The summed E-state index contributed by atoms with van der Waals surface area (Å²) in [5.74, 6) is -1.45. The van der Waals surface area contributed by atoms with E-state index in [1.165, 1.54) is 13.0 Å². The van der Waals surface area contributed by atoms with E-state index in [0.29, 0.717) is 83.0 Å². The number of unbranched alkanes of at least 4 members (excludes halogenated alkanes) is 3. The number of ketones is 1. The third kappa shape index (κ3) is 16.6. The lowest BCUT2D eigenvalue weighted by Crippen LogP contribution is -2.58. The lowest BCUT2D eigenvalue weighted by molar-refractivity contribution is -0.139. The Labute approximate surface area is 471 Å². The summed E-state index contributed by atoms with van der Waals surface area (Å²) >= 11 is 6.82. The molecular weight excluding hydrogens is 1030 g/mol. The molecule has 0 aliphatic carbocycles. The molecule has 0 radical (unpaired) electrons. The molecule has 21 heteroatoms. The van der Waals surface area contributed by atoms with E-state index in [1.54, 1.807) is 4.90 Å². The zero-order valence-corrected chi connectivity index (χ0v) is 47.8. The second-order valence-electron chi connectivity index (χ2n) is 22.2. The molecule has 5 heterocycles. The van der Waals surface area contributed by atoms with E-state index in [-0.39, 0.29) is 86.6 Å². The van der Waals surface area contributed by atoms with Crippen LogP contribution in [0.2, 0.25) is 5.02 Å². The van der Waals surface area contributed by atoms with Crippen LogP contribution in [0.5, 0.6) is 6.01 Å². The van der Waals surface area contributed by atoms with Gasteiger partial charge in [0.1, 0.15) is 24.2 Å². The number of nitrogens with zero attached hydrogens (tertiary/aromatic N) is 11. The number of aromatic nitrogens is 2. The quantitative estimate of drug-likeness (QED) is 0.0687. The van der Waals surface area contributed by atoms with Crippen molar-refractivity contribution < 1.29 is 38.9 Å². The average molecular weight is 1110 g/mol. The number of amides is 2. The van der Waals surface area contributed by atoms with Gasteiger partial charge in [0.05, 0.1) is 43.4 Å². The van der Waals surface area contributed by atoms with Crippen molar-refractivity contribution in [3.8, 4) is 6.01 Å². The van der Waals surface area contributed by atoms with Crippen LogP contribution in [0.15, 0.2) is 49.1 Å². The first-order valence-electron chi connectivity index (χ1n) is 28.3. The minimum absolute atomic E-state index is 0.0225. The molecule has 1 aromatic heterocycles. The van der Waals surface area contributed by atoms with Crippen LogP contribution in [0.1, 0.15) is 84.4 Å². The number of piperazine rings is 1. The molecule has 4 aliphatic heterocycles. The molecule has 3 aromatic rings. The van der Waals surface area contributed by atoms with Crippen molar-refractivity contribution in [2.24, 2.45) is 0 Å². The molecule has 3 N–H and O–H groups in total. The number of carbonyl (C=O) groups excluding carboxylic acids is 3. The van der Waals surface area contributed by atoms with E-state index in [0.717, 1.165) is 91.7 Å².